The number of ketones is 2. The van der Waals surface area contributed by atoms with Crippen molar-refractivity contribution in [1.29, 1.82) is 0 Å². The lowest BCUT2D eigenvalue weighted by molar-refractivity contribution is -0.240. The highest BCUT2D eigenvalue weighted by Gasteiger charge is 2.69. The van der Waals surface area contributed by atoms with E-state index in [0.717, 1.165) is 5.56 Å². The van der Waals surface area contributed by atoms with Crippen LogP contribution in [0.1, 0.15) is 47.7 Å². The Hall–Kier alpha value is -2.34. The van der Waals surface area contributed by atoms with Crippen molar-refractivity contribution in [1.82, 2.24) is 0 Å². The van der Waals surface area contributed by atoms with E-state index in [2.05, 4.69) is 0 Å². The Labute approximate surface area is 164 Å². The third kappa shape index (κ3) is 2.73. The summed E-state index contributed by atoms with van der Waals surface area (Å²) in [4.78, 5) is 26.7. The predicted molar refractivity (Wildman–Crippen MR) is 103 cm³/mol. The van der Waals surface area contributed by atoms with Gasteiger partial charge in [-0.05, 0) is 12.0 Å². The van der Waals surface area contributed by atoms with Gasteiger partial charge in [0.15, 0.2) is 11.6 Å². The Bertz CT molecular complexity index is 893. The number of fused-ring (bicyclic) bond motifs is 4. The Morgan fingerprint density at radius 1 is 1.14 bits per heavy atom. The first-order valence-corrected chi connectivity index (χ1v) is 9.66. The summed E-state index contributed by atoms with van der Waals surface area (Å²) in [6, 6.07) is 16.9. The maximum absolute atomic E-state index is 13.5. The van der Waals surface area contributed by atoms with E-state index in [4.69, 9.17) is 14.2 Å². The normalized spacial score (nSPS) is 28.2. The first-order chi connectivity index (χ1) is 13.6. The van der Waals surface area contributed by atoms with E-state index in [1.54, 1.807) is 19.2 Å². The number of Topliss-reactive ketones (excluding diaryl/α,β-unsaturated/α-hetero) is 2. The van der Waals surface area contributed by atoms with E-state index in [1.165, 1.54) is 0 Å². The van der Waals surface area contributed by atoms with E-state index in [-0.39, 0.29) is 24.4 Å². The number of carbonyl (C=O) groups is 2. The Kier molecular flexibility index (Phi) is 4.91. The molecule has 0 amide bonds. The molecule has 0 radical (unpaired) electrons. The molecule has 2 heterocycles. The smallest absolute Gasteiger partial charge is 0.218 e. The fraction of sp³-hybridized carbons (Fsp3) is 0.391. The van der Waals surface area contributed by atoms with Gasteiger partial charge >= 0.3 is 0 Å². The average Bonchev–Trinajstić information content (AvgIpc) is 3.06. The van der Waals surface area contributed by atoms with Crippen molar-refractivity contribution in [3.63, 3.8) is 0 Å². The van der Waals surface area contributed by atoms with Crippen LogP contribution in [0.4, 0.5) is 0 Å². The quantitative estimate of drug-likeness (QED) is 0.684. The molecular weight excluding hydrogens is 356 g/mol. The molecular formula is C23H24O5. The Balaban J connectivity index is 1.77. The molecule has 2 aromatic rings. The molecule has 4 rings (SSSR count). The molecule has 28 heavy (non-hydrogen) atoms. The van der Waals surface area contributed by atoms with Crippen LogP contribution < -0.4 is 0 Å². The van der Waals surface area contributed by atoms with Gasteiger partial charge in [-0.25, -0.2) is 0 Å². The molecule has 0 unspecified atom stereocenters. The van der Waals surface area contributed by atoms with Gasteiger partial charge in [0, 0.05) is 31.1 Å². The van der Waals surface area contributed by atoms with Crippen LogP contribution in [0.3, 0.4) is 0 Å². The number of ether oxygens (including phenoxy) is 3. The van der Waals surface area contributed by atoms with Gasteiger partial charge in [0.05, 0.1) is 6.61 Å². The Morgan fingerprint density at radius 3 is 2.57 bits per heavy atom. The van der Waals surface area contributed by atoms with Crippen LogP contribution in [0.5, 0.6) is 0 Å². The summed E-state index contributed by atoms with van der Waals surface area (Å²) in [5.41, 5.74) is 0.451. The van der Waals surface area contributed by atoms with E-state index >= 15 is 0 Å². The molecule has 0 saturated carbocycles. The maximum atomic E-state index is 13.5. The minimum Gasteiger partial charge on any atom is -0.369 e. The zero-order chi connectivity index (χ0) is 19.8. The molecule has 5 heteroatoms. The summed E-state index contributed by atoms with van der Waals surface area (Å²) in [7, 11) is 1.54. The first kappa shape index (κ1) is 19.0. The van der Waals surface area contributed by atoms with Gasteiger partial charge in [-0.2, -0.15) is 0 Å². The van der Waals surface area contributed by atoms with Crippen molar-refractivity contribution in [2.75, 3.05) is 7.11 Å². The summed E-state index contributed by atoms with van der Waals surface area (Å²) < 4.78 is 18.2. The molecule has 1 saturated heterocycles. The summed E-state index contributed by atoms with van der Waals surface area (Å²) in [6.45, 7) is 2.20. The van der Waals surface area contributed by atoms with Gasteiger partial charge < -0.3 is 14.2 Å². The monoisotopic (exact) mass is 380 g/mol. The summed E-state index contributed by atoms with van der Waals surface area (Å²) >= 11 is 0. The van der Waals surface area contributed by atoms with Gasteiger partial charge in [0.2, 0.25) is 11.4 Å². The second-order valence-electron chi connectivity index (χ2n) is 7.33. The van der Waals surface area contributed by atoms with Crippen molar-refractivity contribution in [2.24, 2.45) is 0 Å². The van der Waals surface area contributed by atoms with Gasteiger partial charge in [0.1, 0.15) is 6.10 Å². The molecule has 0 spiro atoms. The summed E-state index contributed by atoms with van der Waals surface area (Å²) in [6.07, 6.45) is 0.448. The minimum absolute atomic E-state index is 0.244. The van der Waals surface area contributed by atoms with Crippen LogP contribution in [0.2, 0.25) is 0 Å². The molecule has 2 bridgehead atoms. The fourth-order valence-electron chi connectivity index (χ4n) is 4.28. The van der Waals surface area contributed by atoms with Gasteiger partial charge in [-0.3, -0.25) is 9.59 Å². The largest absolute Gasteiger partial charge is 0.369 e. The topological polar surface area (TPSA) is 61.8 Å². The van der Waals surface area contributed by atoms with Crippen LogP contribution >= 0.6 is 0 Å². The van der Waals surface area contributed by atoms with Crippen LogP contribution in [-0.2, 0) is 31.4 Å². The number of rotatable bonds is 7. The molecule has 0 aliphatic carbocycles. The maximum Gasteiger partial charge on any atom is 0.218 e. The highest BCUT2D eigenvalue weighted by molar-refractivity contribution is 6.20. The van der Waals surface area contributed by atoms with Crippen LogP contribution in [0.25, 0.3) is 0 Å². The van der Waals surface area contributed by atoms with E-state index in [9.17, 15) is 9.59 Å². The fourth-order valence-corrected chi connectivity index (χ4v) is 4.28. The lowest BCUT2D eigenvalue weighted by Gasteiger charge is -2.39. The van der Waals surface area contributed by atoms with Crippen LogP contribution in [0.15, 0.2) is 54.6 Å². The summed E-state index contributed by atoms with van der Waals surface area (Å²) in [5, 5.41) is 0. The zero-order valence-electron chi connectivity index (χ0n) is 16.1. The zero-order valence-corrected chi connectivity index (χ0v) is 16.1. The van der Waals surface area contributed by atoms with Gasteiger partial charge in [0.25, 0.3) is 0 Å². The molecule has 1 fully saturated rings. The van der Waals surface area contributed by atoms with Crippen molar-refractivity contribution in [2.45, 2.75) is 50.3 Å². The third-order valence-corrected chi connectivity index (χ3v) is 5.67. The second-order valence-corrected chi connectivity index (χ2v) is 7.33. The highest BCUT2D eigenvalue weighted by Crippen LogP contribution is 2.53. The summed E-state index contributed by atoms with van der Waals surface area (Å²) in [5.74, 6) is -1.73. The number of carbonyl (C=O) groups excluding carboxylic acids is 2. The predicted octanol–water partition coefficient (Wildman–Crippen LogP) is 3.80. The molecule has 2 aliphatic rings. The lowest BCUT2D eigenvalue weighted by Crippen LogP contribution is -2.57. The minimum atomic E-state index is -1.66. The third-order valence-electron chi connectivity index (χ3n) is 5.67. The standard InChI is InChI=1S/C23H24O5/c1-3-9-19(24)23-20(27-15-16-10-5-4-6-11-16)14-22(26-2,28-23)18-13-8-7-12-17(18)21(23)25/h4-8,10-13,20H,3,9,14-15H2,1-2H3/t20-,22-,23+/m0/s1. The number of hydrogen-bond acceptors (Lipinski definition) is 5. The number of hydrogen-bond donors (Lipinski definition) is 0. The van der Waals surface area contributed by atoms with Gasteiger partial charge in [-0.1, -0.05) is 61.5 Å². The molecule has 0 N–H and O–H groups in total. The molecule has 3 atom stereocenters. The van der Waals surface area contributed by atoms with Gasteiger partial charge in [-0.15, -0.1) is 0 Å². The molecule has 146 valence electrons. The molecule has 2 aliphatic heterocycles. The first-order valence-electron chi connectivity index (χ1n) is 9.66. The molecule has 5 nitrogen and oxygen atoms in total. The molecule has 0 aromatic heterocycles. The Morgan fingerprint density at radius 2 is 1.86 bits per heavy atom. The van der Waals surface area contributed by atoms with E-state index in [1.807, 2.05) is 49.4 Å². The van der Waals surface area contributed by atoms with Crippen LogP contribution in [0, 0.1) is 0 Å². The molecule has 2 aromatic carbocycles. The SMILES string of the molecule is CCCC(=O)[C@@]12O[C@@](OC)(C[C@@H]1OCc1ccccc1)c1ccccc1C2=O. The van der Waals surface area contributed by atoms with E-state index in [0.29, 0.717) is 24.2 Å². The average molecular weight is 380 g/mol. The lowest BCUT2D eigenvalue weighted by atomic mass is 9.82. The second kappa shape index (κ2) is 7.24. The number of benzene rings is 2. The highest BCUT2D eigenvalue weighted by atomic mass is 16.7. The van der Waals surface area contributed by atoms with Crippen LogP contribution in [-0.4, -0.2) is 30.4 Å². The van der Waals surface area contributed by atoms with Crippen molar-refractivity contribution >= 4 is 11.6 Å². The van der Waals surface area contributed by atoms with Crippen molar-refractivity contribution < 1.29 is 23.8 Å². The van der Waals surface area contributed by atoms with Crippen molar-refractivity contribution in [3.8, 4) is 0 Å². The number of methoxy groups -OCH3 is 1. The van der Waals surface area contributed by atoms with E-state index < -0.39 is 17.5 Å². The van der Waals surface area contributed by atoms with Crippen molar-refractivity contribution in [3.05, 3.63) is 71.3 Å².